The molecule has 1 fully saturated rings. The molecule has 0 aromatic carbocycles. The van der Waals surface area contributed by atoms with Crippen LogP contribution < -0.4 is 15.8 Å². The number of pyridine rings is 1. The lowest BCUT2D eigenvalue weighted by Crippen LogP contribution is -2.40. The molecule has 2 N–H and O–H groups in total. The molecule has 8 heteroatoms. The third-order valence-corrected chi connectivity index (χ3v) is 4.25. The first-order chi connectivity index (χ1) is 11.5. The molecule has 7 nitrogen and oxygen atoms in total. The molecule has 3 heterocycles. The minimum atomic E-state index is -0.133. The van der Waals surface area contributed by atoms with Gasteiger partial charge in [-0.1, -0.05) is 11.6 Å². The Balaban J connectivity index is 1.63. The highest BCUT2D eigenvalue weighted by Gasteiger charge is 2.21. The molecule has 2 aromatic heterocycles. The second kappa shape index (κ2) is 6.89. The molecule has 0 unspecified atom stereocenters. The lowest BCUT2D eigenvalue weighted by molar-refractivity contribution is 0.518. The number of hydrogen-bond acceptors (Lipinski definition) is 6. The largest absolute Gasteiger partial charge is 0.366 e. The average Bonchev–Trinajstić information content (AvgIpc) is 2.56. The fourth-order valence-electron chi connectivity index (χ4n) is 2.75. The summed E-state index contributed by atoms with van der Waals surface area (Å²) in [6.07, 6.45) is 3.25. The zero-order chi connectivity index (χ0) is 17.1. The number of halogens is 1. The molecule has 124 valence electrons. The lowest BCUT2D eigenvalue weighted by atomic mass is 10.1. The summed E-state index contributed by atoms with van der Waals surface area (Å²) in [5.41, 5.74) is 1.02. The van der Waals surface area contributed by atoms with Gasteiger partial charge in [0.05, 0.1) is 10.6 Å². The Morgan fingerprint density at radius 3 is 2.79 bits per heavy atom. The van der Waals surface area contributed by atoms with Gasteiger partial charge in [0, 0.05) is 37.1 Å². The van der Waals surface area contributed by atoms with Crippen molar-refractivity contribution in [3.8, 4) is 6.07 Å². The molecule has 0 radical (unpaired) electrons. The van der Waals surface area contributed by atoms with Crippen LogP contribution in [0.5, 0.6) is 0 Å². The summed E-state index contributed by atoms with van der Waals surface area (Å²) in [5.74, 6) is 1.21. The molecule has 0 saturated carbocycles. The van der Waals surface area contributed by atoms with E-state index in [9.17, 15) is 4.79 Å². The number of nitrogens with one attached hydrogen (secondary N) is 2. The van der Waals surface area contributed by atoms with Gasteiger partial charge in [0.15, 0.2) is 0 Å². The van der Waals surface area contributed by atoms with E-state index in [2.05, 4.69) is 25.2 Å². The first kappa shape index (κ1) is 16.3. The van der Waals surface area contributed by atoms with Crippen molar-refractivity contribution in [3.05, 3.63) is 45.0 Å². The van der Waals surface area contributed by atoms with E-state index in [1.807, 2.05) is 13.0 Å². The van der Waals surface area contributed by atoms with Crippen LogP contribution in [0.25, 0.3) is 0 Å². The molecule has 3 rings (SSSR count). The van der Waals surface area contributed by atoms with Crippen molar-refractivity contribution in [3.63, 3.8) is 0 Å². The summed E-state index contributed by atoms with van der Waals surface area (Å²) in [5, 5.41) is 12.6. The van der Waals surface area contributed by atoms with Crippen molar-refractivity contribution in [2.45, 2.75) is 25.8 Å². The third-order valence-electron chi connectivity index (χ3n) is 3.96. The Bertz CT molecular complexity index is 835. The Hall–Kier alpha value is -2.59. The van der Waals surface area contributed by atoms with Crippen molar-refractivity contribution in [1.29, 1.82) is 5.26 Å². The van der Waals surface area contributed by atoms with Gasteiger partial charge in [0.1, 0.15) is 11.9 Å². The van der Waals surface area contributed by atoms with Gasteiger partial charge < -0.3 is 10.2 Å². The molecule has 0 amide bonds. The summed E-state index contributed by atoms with van der Waals surface area (Å²) in [6.45, 7) is 3.36. The van der Waals surface area contributed by atoms with Gasteiger partial charge in [0.25, 0.3) is 5.56 Å². The van der Waals surface area contributed by atoms with Crippen molar-refractivity contribution in [2.24, 2.45) is 0 Å². The maximum Gasteiger partial charge on any atom is 0.252 e. The van der Waals surface area contributed by atoms with Gasteiger partial charge in [-0.3, -0.25) is 9.78 Å². The SMILES string of the molecule is Cc1cc(=O)[nH]c(N2CCC(Nc3ncc(C#N)cc3Cl)CC2)n1. The number of hydrogen-bond donors (Lipinski definition) is 2. The maximum atomic E-state index is 11.6. The molecule has 0 bridgehead atoms. The number of aromatic nitrogens is 3. The Labute approximate surface area is 144 Å². The van der Waals surface area contributed by atoms with E-state index in [-0.39, 0.29) is 11.6 Å². The molecule has 2 aromatic rings. The summed E-state index contributed by atoms with van der Waals surface area (Å²) in [6, 6.07) is 5.33. The highest BCUT2D eigenvalue weighted by atomic mass is 35.5. The zero-order valence-electron chi connectivity index (χ0n) is 13.2. The number of piperidine rings is 1. The normalized spacial score (nSPS) is 15.1. The van der Waals surface area contributed by atoms with Crippen LogP contribution in [0, 0.1) is 18.3 Å². The van der Waals surface area contributed by atoms with Crippen molar-refractivity contribution < 1.29 is 0 Å². The van der Waals surface area contributed by atoms with Gasteiger partial charge in [0.2, 0.25) is 5.95 Å². The molecule has 1 saturated heterocycles. The first-order valence-corrected chi connectivity index (χ1v) is 8.08. The van der Waals surface area contributed by atoms with Crippen LogP contribution in [-0.4, -0.2) is 34.1 Å². The molecule has 0 spiro atoms. The molecule has 24 heavy (non-hydrogen) atoms. The maximum absolute atomic E-state index is 11.6. The predicted octanol–water partition coefficient (Wildman–Crippen LogP) is 2.08. The topological polar surface area (TPSA) is 97.7 Å². The van der Waals surface area contributed by atoms with Crippen LogP contribution in [-0.2, 0) is 0 Å². The molecule has 0 atom stereocenters. The zero-order valence-corrected chi connectivity index (χ0v) is 14.0. The van der Waals surface area contributed by atoms with Gasteiger partial charge in [-0.05, 0) is 25.8 Å². The van der Waals surface area contributed by atoms with Crippen molar-refractivity contribution in [2.75, 3.05) is 23.3 Å². The van der Waals surface area contributed by atoms with Crippen LogP contribution in [0.15, 0.2) is 23.1 Å². The van der Waals surface area contributed by atoms with Gasteiger partial charge in [-0.2, -0.15) is 5.26 Å². The molecule has 0 aliphatic carbocycles. The minimum absolute atomic E-state index is 0.133. The molecule has 1 aliphatic heterocycles. The predicted molar refractivity (Wildman–Crippen MR) is 92.4 cm³/mol. The van der Waals surface area contributed by atoms with Gasteiger partial charge in [-0.25, -0.2) is 9.97 Å². The van der Waals surface area contributed by atoms with Gasteiger partial charge in [-0.15, -0.1) is 0 Å². The van der Waals surface area contributed by atoms with Gasteiger partial charge >= 0.3 is 0 Å². The fourth-order valence-corrected chi connectivity index (χ4v) is 2.97. The third kappa shape index (κ3) is 3.66. The Kier molecular flexibility index (Phi) is 4.67. The van der Waals surface area contributed by atoms with E-state index in [1.165, 1.54) is 12.3 Å². The number of aryl methyl sites for hydroxylation is 1. The Morgan fingerprint density at radius 2 is 2.17 bits per heavy atom. The smallest absolute Gasteiger partial charge is 0.252 e. The molecule has 1 aliphatic rings. The van der Waals surface area contributed by atoms with Crippen LogP contribution in [0.3, 0.4) is 0 Å². The van der Waals surface area contributed by atoms with E-state index < -0.39 is 0 Å². The number of anilines is 2. The summed E-state index contributed by atoms with van der Waals surface area (Å²) >= 11 is 6.15. The van der Waals surface area contributed by atoms with Crippen LogP contribution in [0.2, 0.25) is 5.02 Å². The van der Waals surface area contributed by atoms with Crippen molar-refractivity contribution >= 4 is 23.4 Å². The van der Waals surface area contributed by atoms with E-state index in [1.54, 1.807) is 6.07 Å². The summed E-state index contributed by atoms with van der Waals surface area (Å²) < 4.78 is 0. The second-order valence-electron chi connectivity index (χ2n) is 5.78. The molecular weight excluding hydrogens is 328 g/mol. The first-order valence-electron chi connectivity index (χ1n) is 7.70. The summed E-state index contributed by atoms with van der Waals surface area (Å²) in [7, 11) is 0. The van der Waals surface area contributed by atoms with Crippen LogP contribution in [0.4, 0.5) is 11.8 Å². The quantitative estimate of drug-likeness (QED) is 0.884. The second-order valence-corrected chi connectivity index (χ2v) is 6.19. The fraction of sp³-hybridized carbons (Fsp3) is 0.375. The standard InChI is InChI=1S/C16H17ClN6O/c1-10-6-14(24)22-16(20-10)23-4-2-12(3-5-23)21-15-13(17)7-11(8-18)9-19-15/h6-7,9,12H,2-5H2,1H3,(H,19,21)(H,20,22,24). The number of rotatable bonds is 3. The minimum Gasteiger partial charge on any atom is -0.366 e. The Morgan fingerprint density at radius 1 is 1.42 bits per heavy atom. The summed E-state index contributed by atoms with van der Waals surface area (Å²) in [4.78, 5) is 25.0. The highest BCUT2D eigenvalue weighted by Crippen LogP contribution is 2.24. The van der Waals surface area contributed by atoms with E-state index in [0.717, 1.165) is 25.9 Å². The van der Waals surface area contributed by atoms with E-state index >= 15 is 0 Å². The number of nitriles is 1. The number of H-pyrrole nitrogens is 1. The van der Waals surface area contributed by atoms with E-state index in [0.29, 0.717) is 28.0 Å². The number of aromatic amines is 1. The highest BCUT2D eigenvalue weighted by molar-refractivity contribution is 6.33. The average molecular weight is 345 g/mol. The molecular formula is C16H17ClN6O. The van der Waals surface area contributed by atoms with Crippen molar-refractivity contribution in [1.82, 2.24) is 15.0 Å². The van der Waals surface area contributed by atoms with Crippen LogP contribution in [0.1, 0.15) is 24.1 Å². The number of nitrogens with zero attached hydrogens (tertiary/aromatic N) is 4. The van der Waals surface area contributed by atoms with Crippen LogP contribution >= 0.6 is 11.6 Å². The lowest BCUT2D eigenvalue weighted by Gasteiger charge is -2.33. The van der Waals surface area contributed by atoms with E-state index in [4.69, 9.17) is 16.9 Å². The monoisotopic (exact) mass is 344 g/mol.